The minimum absolute atomic E-state index is 0.270. The van der Waals surface area contributed by atoms with Gasteiger partial charge >= 0.3 is 0 Å². The van der Waals surface area contributed by atoms with Crippen molar-refractivity contribution < 1.29 is 29.9 Å². The van der Waals surface area contributed by atoms with Gasteiger partial charge in [-0.2, -0.15) is 0 Å². The van der Waals surface area contributed by atoms with Gasteiger partial charge in [-0.05, 0) is 0 Å². The quantitative estimate of drug-likeness (QED) is 0.563. The van der Waals surface area contributed by atoms with Gasteiger partial charge in [-0.15, -0.1) is 0 Å². The Labute approximate surface area is 121 Å². The fraction of sp³-hybridized carbons (Fsp3) is 0.538. The van der Waals surface area contributed by atoms with Crippen molar-refractivity contribution in [1.29, 1.82) is 0 Å². The molecule has 1 aromatic rings. The highest BCUT2D eigenvalue weighted by atomic mass is 35.5. The predicted octanol–water partition coefficient (Wildman–Crippen LogP) is -0.474. The van der Waals surface area contributed by atoms with E-state index < -0.39 is 36.3 Å². The summed E-state index contributed by atoms with van der Waals surface area (Å²) in [6, 6.07) is 8.53. The molecule has 0 spiro atoms. The molecule has 1 aliphatic rings. The molecular weight excluding hydrogens is 288 g/mol. The molecule has 0 aromatic heterocycles. The smallest absolute Gasteiger partial charge is 0.276 e. The van der Waals surface area contributed by atoms with E-state index in [1.807, 2.05) is 0 Å². The molecule has 0 bridgehead atoms. The molecule has 1 fully saturated rings. The molecule has 1 unspecified atom stereocenters. The zero-order valence-corrected chi connectivity index (χ0v) is 11.3. The highest BCUT2D eigenvalue weighted by molar-refractivity contribution is 6.22. The van der Waals surface area contributed by atoms with Crippen LogP contribution in [-0.4, -0.2) is 58.1 Å². The van der Waals surface area contributed by atoms with Gasteiger partial charge < -0.3 is 29.9 Å². The predicted molar refractivity (Wildman–Crippen MR) is 69.9 cm³/mol. The Kier molecular flexibility index (Phi) is 4.98. The lowest BCUT2D eigenvalue weighted by molar-refractivity contribution is -0.227. The van der Waals surface area contributed by atoms with E-state index in [0.717, 1.165) is 0 Å². The standard InChI is InChI=1S/C13H17ClO6/c14-13(8-4-2-1-3-5-8)19-7-10(17)11(18)12(20-13)9(16)6-15/h1-5,9-12,15-18H,6-7H2/t9-,10+,11-,12-,13?/m1/s1. The summed E-state index contributed by atoms with van der Waals surface area (Å²) in [6.45, 7) is -0.912. The fourth-order valence-electron chi connectivity index (χ4n) is 1.99. The topological polar surface area (TPSA) is 99.4 Å². The van der Waals surface area contributed by atoms with Crippen molar-refractivity contribution in [3.05, 3.63) is 35.9 Å². The van der Waals surface area contributed by atoms with Gasteiger partial charge in [0.2, 0.25) is 0 Å². The summed E-state index contributed by atoms with van der Waals surface area (Å²) >= 11 is 6.27. The molecule has 0 saturated carbocycles. The Morgan fingerprint density at radius 2 is 1.95 bits per heavy atom. The Balaban J connectivity index is 2.31. The third-order valence-corrected chi connectivity index (χ3v) is 3.56. The lowest BCUT2D eigenvalue weighted by Crippen LogP contribution is -2.48. The van der Waals surface area contributed by atoms with E-state index in [2.05, 4.69) is 0 Å². The first-order valence-corrected chi connectivity index (χ1v) is 6.57. The summed E-state index contributed by atoms with van der Waals surface area (Å²) in [5.41, 5.74) is 0.457. The molecule has 1 aromatic carbocycles. The number of alkyl halides is 1. The second kappa shape index (κ2) is 6.36. The number of aliphatic hydroxyl groups is 4. The average Bonchev–Trinajstić information content (AvgIpc) is 2.60. The van der Waals surface area contributed by atoms with E-state index in [4.69, 9.17) is 26.2 Å². The van der Waals surface area contributed by atoms with E-state index in [-0.39, 0.29) is 6.61 Å². The maximum Gasteiger partial charge on any atom is 0.276 e. The van der Waals surface area contributed by atoms with Crippen LogP contribution in [0.5, 0.6) is 0 Å². The molecule has 7 heteroatoms. The SMILES string of the molecule is OC[C@@H](O)[C@H]1OC(Cl)(c2ccccc2)OC[C@H](O)[C@H]1O. The Morgan fingerprint density at radius 1 is 1.30 bits per heavy atom. The summed E-state index contributed by atoms with van der Waals surface area (Å²) in [5.74, 6) is 0. The number of halogens is 1. The summed E-state index contributed by atoms with van der Waals surface area (Å²) < 4.78 is 10.8. The zero-order chi connectivity index (χ0) is 14.8. The molecule has 0 amide bonds. The van der Waals surface area contributed by atoms with Crippen LogP contribution in [0.25, 0.3) is 0 Å². The first-order valence-electron chi connectivity index (χ1n) is 6.19. The molecule has 1 heterocycles. The molecule has 20 heavy (non-hydrogen) atoms. The molecule has 1 saturated heterocycles. The van der Waals surface area contributed by atoms with Gasteiger partial charge in [0.05, 0.1) is 13.2 Å². The van der Waals surface area contributed by atoms with Crippen LogP contribution in [0.2, 0.25) is 0 Å². The molecule has 0 aliphatic carbocycles. The van der Waals surface area contributed by atoms with Crippen LogP contribution in [0.1, 0.15) is 5.56 Å². The number of hydrogen-bond donors (Lipinski definition) is 4. The van der Waals surface area contributed by atoms with Crippen LogP contribution < -0.4 is 0 Å². The average molecular weight is 305 g/mol. The molecule has 5 atom stereocenters. The van der Waals surface area contributed by atoms with Crippen LogP contribution >= 0.6 is 11.6 Å². The minimum Gasteiger partial charge on any atom is -0.394 e. The summed E-state index contributed by atoms with van der Waals surface area (Å²) in [5, 5.41) is 36.6. The molecular formula is C13H17ClO6. The van der Waals surface area contributed by atoms with Crippen LogP contribution in [0.4, 0.5) is 0 Å². The van der Waals surface area contributed by atoms with Crippen LogP contribution in [0.3, 0.4) is 0 Å². The van der Waals surface area contributed by atoms with Crippen molar-refractivity contribution in [3.63, 3.8) is 0 Å². The van der Waals surface area contributed by atoms with Crippen molar-refractivity contribution in [2.45, 2.75) is 29.7 Å². The number of hydrogen-bond acceptors (Lipinski definition) is 6. The minimum atomic E-state index is -1.75. The maximum absolute atomic E-state index is 9.91. The number of benzene rings is 1. The van der Waals surface area contributed by atoms with Crippen molar-refractivity contribution in [2.24, 2.45) is 0 Å². The van der Waals surface area contributed by atoms with Gasteiger partial charge in [0.15, 0.2) is 0 Å². The first-order chi connectivity index (χ1) is 9.48. The number of ether oxygens (including phenoxy) is 2. The second-order valence-electron chi connectivity index (χ2n) is 4.60. The van der Waals surface area contributed by atoms with Crippen LogP contribution in [0, 0.1) is 0 Å². The lowest BCUT2D eigenvalue weighted by Gasteiger charge is -2.32. The third kappa shape index (κ3) is 3.12. The normalized spacial score (nSPS) is 36.4. The van der Waals surface area contributed by atoms with Crippen molar-refractivity contribution >= 4 is 11.6 Å². The summed E-state index contributed by atoms with van der Waals surface area (Å²) in [6.07, 6.45) is -5.40. The highest BCUT2D eigenvalue weighted by Gasteiger charge is 2.45. The van der Waals surface area contributed by atoms with E-state index in [9.17, 15) is 15.3 Å². The number of rotatable bonds is 3. The van der Waals surface area contributed by atoms with Crippen molar-refractivity contribution in [2.75, 3.05) is 13.2 Å². The third-order valence-electron chi connectivity index (χ3n) is 3.14. The van der Waals surface area contributed by atoms with Gasteiger partial charge in [-0.3, -0.25) is 0 Å². The largest absolute Gasteiger partial charge is 0.394 e. The first kappa shape index (κ1) is 15.7. The van der Waals surface area contributed by atoms with E-state index in [0.29, 0.717) is 5.56 Å². The Morgan fingerprint density at radius 3 is 2.55 bits per heavy atom. The van der Waals surface area contributed by atoms with Crippen LogP contribution in [0.15, 0.2) is 30.3 Å². The Bertz CT molecular complexity index is 430. The second-order valence-corrected chi connectivity index (χ2v) is 5.10. The Hall–Kier alpha value is -0.730. The molecule has 6 nitrogen and oxygen atoms in total. The molecule has 4 N–H and O–H groups in total. The van der Waals surface area contributed by atoms with Gasteiger partial charge in [-0.1, -0.05) is 41.9 Å². The fourth-order valence-corrected chi connectivity index (χ4v) is 2.28. The zero-order valence-electron chi connectivity index (χ0n) is 10.6. The molecule has 2 rings (SSSR count). The lowest BCUT2D eigenvalue weighted by atomic mass is 10.0. The van der Waals surface area contributed by atoms with E-state index in [1.54, 1.807) is 30.3 Å². The van der Waals surface area contributed by atoms with Gasteiger partial charge in [0, 0.05) is 5.56 Å². The monoisotopic (exact) mass is 304 g/mol. The van der Waals surface area contributed by atoms with Crippen molar-refractivity contribution in [3.8, 4) is 0 Å². The molecule has 1 aliphatic heterocycles. The summed E-state index contributed by atoms with van der Waals surface area (Å²) in [4.78, 5) is 0. The van der Waals surface area contributed by atoms with Crippen LogP contribution in [-0.2, 0) is 14.7 Å². The number of aliphatic hydroxyl groups excluding tert-OH is 4. The van der Waals surface area contributed by atoms with Crippen molar-refractivity contribution in [1.82, 2.24) is 0 Å². The van der Waals surface area contributed by atoms with E-state index >= 15 is 0 Å². The van der Waals surface area contributed by atoms with Gasteiger partial charge in [0.1, 0.15) is 24.4 Å². The molecule has 0 radical (unpaired) electrons. The highest BCUT2D eigenvalue weighted by Crippen LogP contribution is 2.37. The van der Waals surface area contributed by atoms with Gasteiger partial charge in [0.25, 0.3) is 5.25 Å². The summed E-state index contributed by atoms with van der Waals surface area (Å²) in [7, 11) is 0. The van der Waals surface area contributed by atoms with E-state index in [1.165, 1.54) is 0 Å². The van der Waals surface area contributed by atoms with Gasteiger partial charge in [-0.25, -0.2) is 0 Å². The molecule has 112 valence electrons. The maximum atomic E-state index is 9.91.